The summed E-state index contributed by atoms with van der Waals surface area (Å²) < 4.78 is 34.8. The minimum atomic E-state index is -4.11. The summed E-state index contributed by atoms with van der Waals surface area (Å²) in [7, 11) is -4.11. The summed E-state index contributed by atoms with van der Waals surface area (Å²) in [6.07, 6.45) is 3.58. The molecule has 174 valence electrons. The van der Waals surface area contributed by atoms with Gasteiger partial charge < -0.3 is 4.74 Å². The van der Waals surface area contributed by atoms with Gasteiger partial charge in [0.05, 0.1) is 22.4 Å². The molecule has 1 aromatic carbocycles. The molecule has 0 radical (unpaired) electrons. The fraction of sp³-hybridized carbons (Fsp3) is 0.400. The molecular formula is C25H29N3O4S. The predicted octanol–water partition coefficient (Wildman–Crippen LogP) is 4.07. The zero-order valence-corrected chi connectivity index (χ0v) is 20.2. The van der Waals surface area contributed by atoms with Crippen LogP contribution in [0.5, 0.6) is 5.88 Å². The first kappa shape index (κ1) is 23.2. The summed E-state index contributed by atoms with van der Waals surface area (Å²) in [5, 5.41) is 0.476. The van der Waals surface area contributed by atoms with Crippen LogP contribution in [0.4, 0.5) is 0 Å². The van der Waals surface area contributed by atoms with Gasteiger partial charge in [-0.15, -0.1) is 0 Å². The second kappa shape index (κ2) is 8.74. The zero-order chi connectivity index (χ0) is 23.8. The summed E-state index contributed by atoms with van der Waals surface area (Å²) >= 11 is 0. The molecule has 1 aliphatic rings. The lowest BCUT2D eigenvalue weighted by molar-refractivity contribution is -0.121. The molecule has 7 nitrogen and oxygen atoms in total. The summed E-state index contributed by atoms with van der Waals surface area (Å²) in [6, 6.07) is 10.3. The molecular weight excluding hydrogens is 438 g/mol. The van der Waals surface area contributed by atoms with Crippen LogP contribution < -0.4 is 9.46 Å². The lowest BCUT2D eigenvalue weighted by Crippen LogP contribution is -2.39. The summed E-state index contributed by atoms with van der Waals surface area (Å²) in [6.45, 7) is 8.38. The minimum absolute atomic E-state index is 0.0355. The second-order valence-electron chi connectivity index (χ2n) is 9.05. The van der Waals surface area contributed by atoms with Crippen LogP contribution in [0, 0.1) is 12.8 Å². The normalized spacial score (nSPS) is 14.9. The predicted molar refractivity (Wildman–Crippen MR) is 127 cm³/mol. The Bertz CT molecular complexity index is 1310. The highest BCUT2D eigenvalue weighted by atomic mass is 32.2. The van der Waals surface area contributed by atoms with Gasteiger partial charge in [-0.1, -0.05) is 26.8 Å². The maximum absolute atomic E-state index is 13.4. The van der Waals surface area contributed by atoms with Crippen LogP contribution in [0.25, 0.3) is 10.9 Å². The molecule has 8 heteroatoms. The Kier molecular flexibility index (Phi) is 6.14. The third-order valence-corrected chi connectivity index (χ3v) is 7.31. The van der Waals surface area contributed by atoms with Gasteiger partial charge in [0.25, 0.3) is 10.0 Å². The molecule has 2 heterocycles. The Morgan fingerprint density at radius 2 is 1.97 bits per heavy atom. The van der Waals surface area contributed by atoms with E-state index < -0.39 is 21.3 Å². The molecule has 1 fully saturated rings. The van der Waals surface area contributed by atoms with E-state index in [-0.39, 0.29) is 4.90 Å². The number of rotatable bonds is 8. The summed E-state index contributed by atoms with van der Waals surface area (Å²) in [4.78, 5) is 22.3. The number of carbonyl (C=O) groups is 1. The Hall–Kier alpha value is -3.00. The first-order valence-corrected chi connectivity index (χ1v) is 12.7. The summed E-state index contributed by atoms with van der Waals surface area (Å²) in [5.74, 6) is 0.137. The van der Waals surface area contributed by atoms with E-state index >= 15 is 0 Å². The number of nitrogens with zero attached hydrogens (tertiary/aromatic N) is 2. The molecule has 0 aliphatic heterocycles. The number of sulfonamides is 1. The van der Waals surface area contributed by atoms with E-state index in [0.29, 0.717) is 47.7 Å². The third kappa shape index (κ3) is 4.57. The summed E-state index contributed by atoms with van der Waals surface area (Å²) in [5.41, 5.74) is 2.02. The number of nitrogens with one attached hydrogen (secondary N) is 1. The highest BCUT2D eigenvalue weighted by molar-refractivity contribution is 7.90. The molecule has 2 aromatic heterocycles. The molecule has 1 amide bonds. The molecule has 33 heavy (non-hydrogen) atoms. The maximum Gasteiger partial charge on any atom is 0.264 e. The van der Waals surface area contributed by atoms with Crippen molar-refractivity contribution in [3.8, 4) is 5.88 Å². The Morgan fingerprint density at radius 1 is 1.21 bits per heavy atom. The average molecular weight is 468 g/mol. The van der Waals surface area contributed by atoms with Crippen LogP contribution >= 0.6 is 0 Å². The highest BCUT2D eigenvalue weighted by Gasteiger charge is 2.54. The van der Waals surface area contributed by atoms with Crippen molar-refractivity contribution in [2.45, 2.75) is 57.3 Å². The number of aromatic nitrogens is 2. The fourth-order valence-electron chi connectivity index (χ4n) is 3.87. The van der Waals surface area contributed by atoms with Gasteiger partial charge in [-0.2, -0.15) is 0 Å². The molecule has 0 saturated heterocycles. The number of amides is 1. The first-order valence-electron chi connectivity index (χ1n) is 11.2. The standard InChI is InChI=1S/C25H29N3O4S/c1-5-18-13-20(23(26-14-18)32-15-16(2)3)25(11-12-25)24(29)28-33(30,31)22-8-6-7-21-19(22)10-9-17(4)27-21/h6-10,13-14,16H,5,11-12,15H2,1-4H3,(H,28,29). The Balaban J connectivity index is 1.68. The van der Waals surface area contributed by atoms with Crippen LogP contribution in [0.1, 0.15) is 50.4 Å². The number of benzene rings is 1. The van der Waals surface area contributed by atoms with E-state index in [4.69, 9.17) is 4.74 Å². The van der Waals surface area contributed by atoms with E-state index in [1.165, 1.54) is 6.07 Å². The Morgan fingerprint density at radius 3 is 2.64 bits per heavy atom. The molecule has 1 saturated carbocycles. The van der Waals surface area contributed by atoms with Gasteiger partial charge in [0.15, 0.2) is 0 Å². The molecule has 0 bridgehead atoms. The van der Waals surface area contributed by atoms with Crippen molar-refractivity contribution in [1.82, 2.24) is 14.7 Å². The number of ether oxygens (including phenoxy) is 1. The quantitative estimate of drug-likeness (QED) is 0.536. The smallest absolute Gasteiger partial charge is 0.264 e. The molecule has 4 rings (SSSR count). The Labute approximate surface area is 194 Å². The molecule has 0 atom stereocenters. The van der Waals surface area contributed by atoms with Crippen LogP contribution in [-0.4, -0.2) is 30.9 Å². The lowest BCUT2D eigenvalue weighted by Gasteiger charge is -2.20. The van der Waals surface area contributed by atoms with E-state index in [1.54, 1.807) is 30.5 Å². The van der Waals surface area contributed by atoms with Crippen molar-refractivity contribution in [2.75, 3.05) is 6.61 Å². The average Bonchev–Trinajstić information content (AvgIpc) is 3.58. The number of hydrogen-bond acceptors (Lipinski definition) is 6. The van der Waals surface area contributed by atoms with Crippen LogP contribution in [0.3, 0.4) is 0 Å². The van der Waals surface area contributed by atoms with E-state index in [2.05, 4.69) is 14.7 Å². The fourth-order valence-corrected chi connectivity index (χ4v) is 5.14. The van der Waals surface area contributed by atoms with Crippen LogP contribution in [0.2, 0.25) is 0 Å². The monoisotopic (exact) mass is 467 g/mol. The van der Waals surface area contributed by atoms with E-state index in [0.717, 1.165) is 17.7 Å². The van der Waals surface area contributed by atoms with Gasteiger partial charge in [0, 0.05) is 22.8 Å². The largest absolute Gasteiger partial charge is 0.477 e. The maximum atomic E-state index is 13.4. The van der Waals surface area contributed by atoms with Crippen molar-refractivity contribution in [3.05, 3.63) is 59.4 Å². The van der Waals surface area contributed by atoms with Crippen LogP contribution in [-0.2, 0) is 26.7 Å². The SMILES string of the molecule is CCc1cnc(OCC(C)C)c(C2(C(=O)NS(=O)(=O)c3cccc4nc(C)ccc34)CC2)c1. The van der Waals surface area contributed by atoms with Gasteiger partial charge in [-0.3, -0.25) is 9.78 Å². The van der Waals surface area contributed by atoms with Gasteiger partial charge in [-0.25, -0.2) is 18.1 Å². The second-order valence-corrected chi connectivity index (χ2v) is 10.7. The van der Waals surface area contributed by atoms with Gasteiger partial charge >= 0.3 is 0 Å². The highest BCUT2D eigenvalue weighted by Crippen LogP contribution is 2.51. The van der Waals surface area contributed by atoms with Crippen molar-refractivity contribution in [1.29, 1.82) is 0 Å². The number of fused-ring (bicyclic) bond motifs is 1. The third-order valence-electron chi connectivity index (χ3n) is 5.92. The lowest BCUT2D eigenvalue weighted by atomic mass is 9.94. The number of hydrogen-bond donors (Lipinski definition) is 1. The van der Waals surface area contributed by atoms with Gasteiger partial charge in [0.2, 0.25) is 11.8 Å². The van der Waals surface area contributed by atoms with Crippen molar-refractivity contribution < 1.29 is 17.9 Å². The van der Waals surface area contributed by atoms with E-state index in [1.807, 2.05) is 33.8 Å². The van der Waals surface area contributed by atoms with Crippen LogP contribution in [0.15, 0.2) is 47.5 Å². The minimum Gasteiger partial charge on any atom is -0.477 e. The molecule has 1 N–H and O–H groups in total. The van der Waals surface area contributed by atoms with E-state index in [9.17, 15) is 13.2 Å². The molecule has 1 aliphatic carbocycles. The van der Waals surface area contributed by atoms with Gasteiger partial charge in [-0.05, 0) is 68.0 Å². The number of pyridine rings is 2. The number of carbonyl (C=O) groups excluding carboxylic acids is 1. The molecule has 0 unspecified atom stereocenters. The zero-order valence-electron chi connectivity index (χ0n) is 19.4. The first-order chi connectivity index (χ1) is 15.7. The van der Waals surface area contributed by atoms with Gasteiger partial charge in [0.1, 0.15) is 0 Å². The topological polar surface area (TPSA) is 98.2 Å². The van der Waals surface area contributed by atoms with Crippen molar-refractivity contribution in [3.63, 3.8) is 0 Å². The van der Waals surface area contributed by atoms with Crippen molar-refractivity contribution in [2.24, 2.45) is 5.92 Å². The number of aryl methyl sites for hydroxylation is 2. The molecule has 3 aromatic rings. The molecule has 0 spiro atoms. The van der Waals surface area contributed by atoms with Crippen molar-refractivity contribution >= 4 is 26.8 Å².